The Balaban J connectivity index is 2.71. The first-order chi connectivity index (χ1) is 7.69. The van der Waals surface area contributed by atoms with Gasteiger partial charge in [-0.15, -0.1) is 0 Å². The zero-order chi connectivity index (χ0) is 12.0. The van der Waals surface area contributed by atoms with E-state index in [1.807, 2.05) is 25.1 Å². The maximum Gasteiger partial charge on any atom is 0.137 e. The quantitative estimate of drug-likeness (QED) is 0.806. The summed E-state index contributed by atoms with van der Waals surface area (Å²) in [7, 11) is 0. The van der Waals surface area contributed by atoms with Gasteiger partial charge in [-0.05, 0) is 44.0 Å². The van der Waals surface area contributed by atoms with Crippen molar-refractivity contribution in [3.63, 3.8) is 0 Å². The fraction of sp³-hybridized carbons (Fsp3) is 0.500. The van der Waals surface area contributed by atoms with Crippen LogP contribution in [0, 0.1) is 0 Å². The summed E-state index contributed by atoms with van der Waals surface area (Å²) >= 11 is 6.08. The highest BCUT2D eigenvalue weighted by molar-refractivity contribution is 6.32. The van der Waals surface area contributed by atoms with Crippen molar-refractivity contribution in [1.82, 2.24) is 0 Å². The van der Waals surface area contributed by atoms with Crippen LogP contribution in [0.2, 0.25) is 5.02 Å². The van der Waals surface area contributed by atoms with E-state index >= 15 is 0 Å². The van der Waals surface area contributed by atoms with Crippen LogP contribution in [0.3, 0.4) is 0 Å². The van der Waals surface area contributed by atoms with E-state index in [-0.39, 0.29) is 6.04 Å². The summed E-state index contributed by atoms with van der Waals surface area (Å²) in [4.78, 5) is 0. The highest BCUT2D eigenvalue weighted by Gasteiger charge is 2.08. The average molecular weight is 243 g/mol. The number of ether oxygens (including phenoxy) is 1. The minimum Gasteiger partial charge on any atom is -0.492 e. The third kappa shape index (κ3) is 3.67. The fourth-order valence-electron chi connectivity index (χ4n) is 1.52. The summed E-state index contributed by atoms with van der Waals surface area (Å²) in [5.74, 6) is 0.707. The minimum absolute atomic E-state index is 0.00303. The number of rotatable bonds is 6. The molecule has 4 heteroatoms. The first-order valence-corrected chi connectivity index (χ1v) is 5.94. The predicted octanol–water partition coefficient (Wildman–Crippen LogP) is 2.48. The summed E-state index contributed by atoms with van der Waals surface area (Å²) in [6.45, 7) is 3.20. The second-order valence-electron chi connectivity index (χ2n) is 3.66. The van der Waals surface area contributed by atoms with Gasteiger partial charge in [-0.3, -0.25) is 0 Å². The van der Waals surface area contributed by atoms with Gasteiger partial charge in [0.15, 0.2) is 0 Å². The van der Waals surface area contributed by atoms with E-state index in [1.165, 1.54) is 0 Å². The fourth-order valence-corrected chi connectivity index (χ4v) is 1.77. The predicted molar refractivity (Wildman–Crippen MR) is 67.8 cm³/mol. The lowest BCUT2D eigenvalue weighted by molar-refractivity contribution is 0.340. The highest BCUT2D eigenvalue weighted by atomic mass is 35.5. The van der Waals surface area contributed by atoms with Gasteiger partial charge in [0, 0.05) is 6.04 Å². The van der Waals surface area contributed by atoms with Gasteiger partial charge < -0.3 is 16.2 Å². The third-order valence-electron chi connectivity index (χ3n) is 2.40. The molecule has 1 unspecified atom stereocenters. The molecule has 0 saturated heterocycles. The molecule has 0 bridgehead atoms. The number of benzene rings is 1. The molecule has 0 saturated carbocycles. The molecule has 0 spiro atoms. The van der Waals surface area contributed by atoms with E-state index in [1.54, 1.807) is 0 Å². The maximum absolute atomic E-state index is 6.08. The van der Waals surface area contributed by atoms with Gasteiger partial charge in [-0.25, -0.2) is 0 Å². The molecule has 0 radical (unpaired) electrons. The van der Waals surface area contributed by atoms with Crippen LogP contribution in [-0.4, -0.2) is 13.2 Å². The molecule has 90 valence electrons. The second-order valence-corrected chi connectivity index (χ2v) is 4.07. The Labute approximate surface area is 102 Å². The van der Waals surface area contributed by atoms with Crippen LogP contribution in [0.25, 0.3) is 0 Å². The van der Waals surface area contributed by atoms with Crippen LogP contribution in [0.5, 0.6) is 5.75 Å². The van der Waals surface area contributed by atoms with E-state index in [0.717, 1.165) is 18.4 Å². The summed E-state index contributed by atoms with van der Waals surface area (Å²) in [5, 5.41) is 0.613. The van der Waals surface area contributed by atoms with E-state index < -0.39 is 0 Å². The molecular formula is C12H19ClN2O. The van der Waals surface area contributed by atoms with Crippen molar-refractivity contribution < 1.29 is 4.74 Å². The molecule has 3 nitrogen and oxygen atoms in total. The molecule has 0 aliphatic carbocycles. The van der Waals surface area contributed by atoms with Gasteiger partial charge in [-0.1, -0.05) is 17.7 Å². The van der Waals surface area contributed by atoms with Gasteiger partial charge in [0.2, 0.25) is 0 Å². The minimum atomic E-state index is -0.00303. The third-order valence-corrected chi connectivity index (χ3v) is 2.70. The van der Waals surface area contributed by atoms with Crippen LogP contribution in [0.4, 0.5) is 0 Å². The molecule has 1 rings (SSSR count). The summed E-state index contributed by atoms with van der Waals surface area (Å²) in [5.41, 5.74) is 12.5. The van der Waals surface area contributed by atoms with Gasteiger partial charge in [0.25, 0.3) is 0 Å². The highest BCUT2D eigenvalue weighted by Crippen LogP contribution is 2.28. The van der Waals surface area contributed by atoms with Gasteiger partial charge >= 0.3 is 0 Å². The van der Waals surface area contributed by atoms with Crippen LogP contribution in [-0.2, 0) is 0 Å². The standard InChI is InChI=1S/C12H19ClN2O/c1-2-16-12-6-5-9(8-10(12)13)11(15)4-3-7-14/h5-6,8,11H,2-4,7,14-15H2,1H3. The van der Waals surface area contributed by atoms with Crippen LogP contribution in [0.1, 0.15) is 31.4 Å². The van der Waals surface area contributed by atoms with Gasteiger partial charge in [0.1, 0.15) is 5.75 Å². The Morgan fingerprint density at radius 1 is 1.44 bits per heavy atom. The average Bonchev–Trinajstić information content (AvgIpc) is 2.29. The molecule has 0 amide bonds. The van der Waals surface area contributed by atoms with Crippen molar-refractivity contribution in [1.29, 1.82) is 0 Å². The second kappa shape index (κ2) is 6.74. The molecule has 4 N–H and O–H groups in total. The zero-order valence-electron chi connectivity index (χ0n) is 9.58. The molecule has 0 aliphatic rings. The van der Waals surface area contributed by atoms with E-state index in [0.29, 0.717) is 23.9 Å². The molecule has 0 fully saturated rings. The number of hydrogen-bond donors (Lipinski definition) is 2. The van der Waals surface area contributed by atoms with Crippen molar-refractivity contribution in [2.45, 2.75) is 25.8 Å². The SMILES string of the molecule is CCOc1ccc(C(N)CCCN)cc1Cl. The number of nitrogens with two attached hydrogens (primary N) is 2. The van der Waals surface area contributed by atoms with E-state index in [2.05, 4.69) is 0 Å². The Kier molecular flexibility index (Phi) is 5.60. The first-order valence-electron chi connectivity index (χ1n) is 5.57. The van der Waals surface area contributed by atoms with Gasteiger partial charge in [0.05, 0.1) is 11.6 Å². The lowest BCUT2D eigenvalue weighted by atomic mass is 10.0. The zero-order valence-corrected chi connectivity index (χ0v) is 10.3. The largest absolute Gasteiger partial charge is 0.492 e. The Bertz CT molecular complexity index is 331. The Morgan fingerprint density at radius 2 is 2.19 bits per heavy atom. The molecule has 1 aromatic rings. The molecule has 1 atom stereocenters. The van der Waals surface area contributed by atoms with Crippen LogP contribution >= 0.6 is 11.6 Å². The molecule has 0 heterocycles. The summed E-state index contributed by atoms with van der Waals surface area (Å²) < 4.78 is 5.36. The van der Waals surface area contributed by atoms with Crippen LogP contribution in [0.15, 0.2) is 18.2 Å². The molecule has 1 aromatic carbocycles. The van der Waals surface area contributed by atoms with E-state index in [4.69, 9.17) is 27.8 Å². The summed E-state index contributed by atoms with van der Waals surface area (Å²) in [6.07, 6.45) is 1.80. The topological polar surface area (TPSA) is 61.3 Å². The number of halogens is 1. The molecule has 0 aliphatic heterocycles. The number of hydrogen-bond acceptors (Lipinski definition) is 3. The van der Waals surface area contributed by atoms with Crippen molar-refractivity contribution in [3.8, 4) is 5.75 Å². The lowest BCUT2D eigenvalue weighted by Crippen LogP contribution is -2.12. The van der Waals surface area contributed by atoms with Gasteiger partial charge in [-0.2, -0.15) is 0 Å². The monoisotopic (exact) mass is 242 g/mol. The van der Waals surface area contributed by atoms with Crippen LogP contribution < -0.4 is 16.2 Å². The lowest BCUT2D eigenvalue weighted by Gasteiger charge is -2.13. The van der Waals surface area contributed by atoms with Crippen molar-refractivity contribution >= 4 is 11.6 Å². The summed E-state index contributed by atoms with van der Waals surface area (Å²) in [6, 6.07) is 5.69. The Hall–Kier alpha value is -0.770. The van der Waals surface area contributed by atoms with E-state index in [9.17, 15) is 0 Å². The van der Waals surface area contributed by atoms with Crippen molar-refractivity contribution in [2.24, 2.45) is 11.5 Å². The molecule has 16 heavy (non-hydrogen) atoms. The van der Waals surface area contributed by atoms with Crippen molar-refractivity contribution in [3.05, 3.63) is 28.8 Å². The molecular weight excluding hydrogens is 224 g/mol. The maximum atomic E-state index is 6.08. The molecule has 0 aromatic heterocycles. The Morgan fingerprint density at radius 3 is 2.75 bits per heavy atom. The first kappa shape index (κ1) is 13.3. The van der Waals surface area contributed by atoms with Crippen molar-refractivity contribution in [2.75, 3.05) is 13.2 Å². The smallest absolute Gasteiger partial charge is 0.137 e. The normalized spacial score (nSPS) is 12.5.